The zero-order valence-electron chi connectivity index (χ0n) is 12.4. The Morgan fingerprint density at radius 2 is 2.32 bits per heavy atom. The molecule has 0 amide bonds. The lowest BCUT2D eigenvalue weighted by atomic mass is 10.1. The fraction of sp³-hybridized carbons (Fsp3) is 0.500. The Kier molecular flexibility index (Phi) is 4.94. The topological polar surface area (TPSA) is 102 Å². The molecule has 0 spiro atoms. The minimum Gasteiger partial charge on any atom is -0.465 e. The first-order chi connectivity index (χ1) is 10.5. The second-order valence-corrected chi connectivity index (χ2v) is 5.03. The number of methoxy groups -OCH3 is 1. The van der Waals surface area contributed by atoms with Crippen LogP contribution in [0.3, 0.4) is 0 Å². The van der Waals surface area contributed by atoms with Gasteiger partial charge in [0.25, 0.3) is 5.69 Å². The molecule has 1 atom stereocenters. The molecular formula is C14H18N2O6. The van der Waals surface area contributed by atoms with Crippen molar-refractivity contribution in [2.75, 3.05) is 38.3 Å². The first-order valence-corrected chi connectivity index (χ1v) is 6.82. The van der Waals surface area contributed by atoms with Crippen molar-refractivity contribution < 1.29 is 24.3 Å². The van der Waals surface area contributed by atoms with E-state index in [1.807, 2.05) is 4.90 Å². The number of nitro benzene ring substituents is 1. The van der Waals surface area contributed by atoms with Crippen LogP contribution in [0.5, 0.6) is 0 Å². The molecule has 22 heavy (non-hydrogen) atoms. The van der Waals surface area contributed by atoms with Gasteiger partial charge >= 0.3 is 5.97 Å². The number of hydrogen-bond acceptors (Lipinski definition) is 7. The second kappa shape index (κ2) is 6.71. The lowest BCUT2D eigenvalue weighted by molar-refractivity contribution is -0.385. The molecule has 0 saturated carbocycles. The summed E-state index contributed by atoms with van der Waals surface area (Å²) >= 11 is 0. The van der Waals surface area contributed by atoms with Crippen molar-refractivity contribution in [2.24, 2.45) is 0 Å². The minimum absolute atomic E-state index is 0.129. The first kappa shape index (κ1) is 16.2. The lowest BCUT2D eigenvalue weighted by Gasteiger charge is -2.34. The van der Waals surface area contributed by atoms with Crippen LogP contribution in [0.1, 0.15) is 15.9 Å². The molecule has 1 aliphatic heterocycles. The molecule has 0 aromatic heterocycles. The van der Waals surface area contributed by atoms with Crippen LogP contribution in [-0.4, -0.2) is 55.5 Å². The third-order valence-corrected chi connectivity index (χ3v) is 3.60. The van der Waals surface area contributed by atoms with Crippen LogP contribution >= 0.6 is 0 Å². The van der Waals surface area contributed by atoms with E-state index in [0.717, 1.165) is 0 Å². The minimum atomic E-state index is -0.634. The van der Waals surface area contributed by atoms with Crippen molar-refractivity contribution in [3.8, 4) is 0 Å². The molecule has 8 nitrogen and oxygen atoms in total. The molecule has 1 aromatic carbocycles. The van der Waals surface area contributed by atoms with E-state index in [1.165, 1.54) is 13.2 Å². The third-order valence-electron chi connectivity index (χ3n) is 3.60. The maximum absolute atomic E-state index is 12.0. The van der Waals surface area contributed by atoms with E-state index in [1.54, 1.807) is 13.0 Å². The first-order valence-electron chi connectivity index (χ1n) is 6.82. The van der Waals surface area contributed by atoms with Gasteiger partial charge in [0.15, 0.2) is 0 Å². The maximum Gasteiger partial charge on any atom is 0.340 e. The van der Waals surface area contributed by atoms with Crippen LogP contribution < -0.4 is 4.90 Å². The monoisotopic (exact) mass is 310 g/mol. The number of aliphatic hydroxyl groups excluding tert-OH is 1. The largest absolute Gasteiger partial charge is 0.465 e. The van der Waals surface area contributed by atoms with E-state index in [9.17, 15) is 20.0 Å². The number of aliphatic hydroxyl groups is 1. The number of anilines is 1. The maximum atomic E-state index is 12.0. The highest BCUT2D eigenvalue weighted by Gasteiger charge is 2.27. The van der Waals surface area contributed by atoms with Gasteiger partial charge in [0.05, 0.1) is 42.6 Å². The van der Waals surface area contributed by atoms with Gasteiger partial charge in [-0.05, 0) is 13.0 Å². The molecule has 1 saturated heterocycles. The molecule has 120 valence electrons. The van der Waals surface area contributed by atoms with Gasteiger partial charge in [-0.3, -0.25) is 10.1 Å². The van der Waals surface area contributed by atoms with Gasteiger partial charge in [0, 0.05) is 24.7 Å². The normalized spacial score (nSPS) is 18.1. The number of hydrogen-bond donors (Lipinski definition) is 1. The van der Waals surface area contributed by atoms with E-state index in [-0.39, 0.29) is 24.0 Å². The molecule has 2 rings (SSSR count). The van der Waals surface area contributed by atoms with Crippen molar-refractivity contribution in [2.45, 2.75) is 13.0 Å². The summed E-state index contributed by atoms with van der Waals surface area (Å²) in [4.78, 5) is 24.4. The number of rotatable bonds is 4. The lowest BCUT2D eigenvalue weighted by Crippen LogP contribution is -2.44. The van der Waals surface area contributed by atoms with Crippen molar-refractivity contribution in [3.63, 3.8) is 0 Å². The van der Waals surface area contributed by atoms with Crippen LogP contribution in [0.25, 0.3) is 0 Å². The van der Waals surface area contributed by atoms with Gasteiger partial charge in [0.1, 0.15) is 0 Å². The number of nitrogens with zero attached hydrogens (tertiary/aromatic N) is 2. The Labute approximate surface area is 127 Å². The predicted molar refractivity (Wildman–Crippen MR) is 78.2 cm³/mol. The summed E-state index contributed by atoms with van der Waals surface area (Å²) in [6, 6.07) is 2.84. The predicted octanol–water partition coefficient (Wildman–Crippen LogP) is 0.887. The van der Waals surface area contributed by atoms with Gasteiger partial charge in [-0.1, -0.05) is 0 Å². The molecule has 1 aliphatic rings. The number of aryl methyl sites for hydroxylation is 1. The summed E-state index contributed by atoms with van der Waals surface area (Å²) < 4.78 is 10.1. The van der Waals surface area contributed by atoms with Crippen molar-refractivity contribution >= 4 is 17.3 Å². The van der Waals surface area contributed by atoms with Gasteiger partial charge < -0.3 is 19.5 Å². The third kappa shape index (κ3) is 3.18. The van der Waals surface area contributed by atoms with Gasteiger partial charge in [-0.2, -0.15) is 0 Å². The Morgan fingerprint density at radius 3 is 2.91 bits per heavy atom. The summed E-state index contributed by atoms with van der Waals surface area (Å²) in [6.07, 6.45) is -0.352. The molecular weight excluding hydrogens is 292 g/mol. The highest BCUT2D eigenvalue weighted by atomic mass is 16.6. The number of nitro groups is 1. The average molecular weight is 310 g/mol. The molecule has 0 unspecified atom stereocenters. The van der Waals surface area contributed by atoms with Crippen LogP contribution in [0.2, 0.25) is 0 Å². The quantitative estimate of drug-likeness (QED) is 0.500. The zero-order chi connectivity index (χ0) is 16.3. The number of benzene rings is 1. The van der Waals surface area contributed by atoms with Crippen LogP contribution in [0.15, 0.2) is 12.1 Å². The van der Waals surface area contributed by atoms with Crippen molar-refractivity contribution in [1.82, 2.24) is 0 Å². The van der Waals surface area contributed by atoms with E-state index >= 15 is 0 Å². The zero-order valence-corrected chi connectivity index (χ0v) is 12.4. The van der Waals surface area contributed by atoms with Gasteiger partial charge in [-0.25, -0.2) is 4.79 Å². The summed E-state index contributed by atoms with van der Waals surface area (Å²) in [7, 11) is 1.23. The molecule has 1 heterocycles. The number of esters is 1. The van der Waals surface area contributed by atoms with Crippen molar-refractivity contribution in [3.05, 3.63) is 33.4 Å². The number of carbonyl (C=O) groups is 1. The molecule has 0 aliphatic carbocycles. The Hall–Kier alpha value is -2.19. The van der Waals surface area contributed by atoms with Crippen molar-refractivity contribution in [1.29, 1.82) is 0 Å². The number of morpholine rings is 1. The number of ether oxygens (including phenoxy) is 2. The highest BCUT2D eigenvalue weighted by molar-refractivity contribution is 5.97. The molecule has 1 aromatic rings. The molecule has 8 heteroatoms. The summed E-state index contributed by atoms with van der Waals surface area (Å²) in [5, 5.41) is 20.3. The smallest absolute Gasteiger partial charge is 0.340 e. The fourth-order valence-corrected chi connectivity index (χ4v) is 2.46. The summed E-state index contributed by atoms with van der Waals surface area (Å²) in [6.45, 7) is 2.82. The Morgan fingerprint density at radius 1 is 1.59 bits per heavy atom. The van der Waals surface area contributed by atoms with Gasteiger partial charge in [0.2, 0.25) is 0 Å². The highest BCUT2D eigenvalue weighted by Crippen LogP contribution is 2.31. The standard InChI is InChI=1S/C14H18N2O6/c1-9-5-13(15-3-4-22-10(7-15)8-17)11(14(18)21-2)6-12(9)16(19)20/h5-6,10,17H,3-4,7-8H2,1-2H3/t10-/m0/s1. The summed E-state index contributed by atoms with van der Waals surface area (Å²) in [5.41, 5.74) is 1.02. The Bertz CT molecular complexity index is 589. The SMILES string of the molecule is COC(=O)c1cc([N+](=O)[O-])c(C)cc1N1CCO[C@H](CO)C1. The van der Waals surface area contributed by atoms with Crippen LogP contribution in [0.4, 0.5) is 11.4 Å². The van der Waals surface area contributed by atoms with E-state index in [2.05, 4.69) is 0 Å². The Balaban J connectivity index is 2.46. The van der Waals surface area contributed by atoms with E-state index < -0.39 is 10.9 Å². The fourth-order valence-electron chi connectivity index (χ4n) is 2.46. The van der Waals surface area contributed by atoms with Crippen LogP contribution in [-0.2, 0) is 9.47 Å². The summed E-state index contributed by atoms with van der Waals surface area (Å²) in [5.74, 6) is -0.634. The molecule has 0 bridgehead atoms. The molecule has 1 fully saturated rings. The molecule has 1 N–H and O–H groups in total. The molecule has 0 radical (unpaired) electrons. The second-order valence-electron chi connectivity index (χ2n) is 5.03. The van der Waals surface area contributed by atoms with Gasteiger partial charge in [-0.15, -0.1) is 0 Å². The average Bonchev–Trinajstić information content (AvgIpc) is 2.53. The van der Waals surface area contributed by atoms with E-state index in [4.69, 9.17) is 9.47 Å². The van der Waals surface area contributed by atoms with E-state index in [0.29, 0.717) is 30.9 Å². The van der Waals surface area contributed by atoms with Crippen LogP contribution in [0, 0.1) is 17.0 Å². The number of carbonyl (C=O) groups excluding carboxylic acids is 1.